The summed E-state index contributed by atoms with van der Waals surface area (Å²) in [6, 6.07) is 8.15. The van der Waals surface area contributed by atoms with Gasteiger partial charge in [0, 0.05) is 35.8 Å². The van der Waals surface area contributed by atoms with Gasteiger partial charge in [-0.2, -0.15) is 0 Å². The largest absolute Gasteiger partial charge is 0.481 e. The van der Waals surface area contributed by atoms with Crippen molar-refractivity contribution in [3.05, 3.63) is 40.9 Å². The van der Waals surface area contributed by atoms with Crippen LogP contribution in [0.4, 0.5) is 0 Å². The first-order valence-electron chi connectivity index (χ1n) is 7.68. The first-order valence-corrected chi connectivity index (χ1v) is 8.49. The molecule has 3 rings (SSSR count). The van der Waals surface area contributed by atoms with E-state index in [0.29, 0.717) is 13.2 Å². The van der Waals surface area contributed by atoms with E-state index in [2.05, 4.69) is 28.9 Å². The minimum absolute atomic E-state index is 0.0646. The Morgan fingerprint density at radius 1 is 1.48 bits per heavy atom. The summed E-state index contributed by atoms with van der Waals surface area (Å²) >= 11 is 1.67. The molecule has 23 heavy (non-hydrogen) atoms. The average Bonchev–Trinajstić information content (AvgIpc) is 2.97. The molecule has 0 amide bonds. The zero-order chi connectivity index (χ0) is 16.2. The van der Waals surface area contributed by atoms with Gasteiger partial charge in [-0.1, -0.05) is 24.3 Å². The SMILES string of the molecule is Cc1ccccc1-c1ncc(CN2CCOCC2CC(=O)O)s1. The third kappa shape index (κ3) is 3.96. The number of ether oxygens (including phenoxy) is 1. The van der Waals surface area contributed by atoms with Crippen molar-refractivity contribution in [2.24, 2.45) is 0 Å². The normalized spacial score (nSPS) is 18.9. The lowest BCUT2D eigenvalue weighted by Crippen LogP contribution is -2.45. The minimum atomic E-state index is -0.782. The van der Waals surface area contributed by atoms with Crippen LogP contribution in [0.1, 0.15) is 16.9 Å². The number of thiazole rings is 1. The molecule has 1 aromatic carbocycles. The van der Waals surface area contributed by atoms with E-state index in [-0.39, 0.29) is 12.5 Å². The van der Waals surface area contributed by atoms with Crippen LogP contribution in [0.15, 0.2) is 30.5 Å². The highest BCUT2D eigenvalue weighted by molar-refractivity contribution is 7.15. The number of morpholine rings is 1. The second kappa shape index (κ2) is 7.21. The van der Waals surface area contributed by atoms with Crippen molar-refractivity contribution < 1.29 is 14.6 Å². The Labute approximate surface area is 139 Å². The summed E-state index contributed by atoms with van der Waals surface area (Å²) in [6.45, 7) is 4.71. The molecule has 2 heterocycles. The van der Waals surface area contributed by atoms with Crippen LogP contribution in [-0.2, 0) is 16.1 Å². The monoisotopic (exact) mass is 332 g/mol. The summed E-state index contributed by atoms with van der Waals surface area (Å²) in [5.41, 5.74) is 2.37. The third-order valence-electron chi connectivity index (χ3n) is 4.05. The molecule has 1 aliphatic heterocycles. The van der Waals surface area contributed by atoms with E-state index in [1.807, 2.05) is 18.3 Å². The van der Waals surface area contributed by atoms with Gasteiger partial charge in [-0.3, -0.25) is 9.69 Å². The molecule has 1 fully saturated rings. The van der Waals surface area contributed by atoms with Gasteiger partial charge in [0.25, 0.3) is 0 Å². The van der Waals surface area contributed by atoms with Gasteiger partial charge in [0.2, 0.25) is 0 Å². The van der Waals surface area contributed by atoms with Crippen molar-refractivity contribution in [3.63, 3.8) is 0 Å². The van der Waals surface area contributed by atoms with Crippen LogP contribution in [0.3, 0.4) is 0 Å². The zero-order valence-electron chi connectivity index (χ0n) is 13.1. The number of carboxylic acids is 1. The first-order chi connectivity index (χ1) is 11.1. The van der Waals surface area contributed by atoms with Gasteiger partial charge in [-0.15, -0.1) is 11.3 Å². The second-order valence-corrected chi connectivity index (χ2v) is 6.86. The smallest absolute Gasteiger partial charge is 0.305 e. The van der Waals surface area contributed by atoms with Crippen molar-refractivity contribution in [2.45, 2.75) is 25.9 Å². The van der Waals surface area contributed by atoms with E-state index >= 15 is 0 Å². The maximum absolute atomic E-state index is 11.0. The van der Waals surface area contributed by atoms with E-state index in [4.69, 9.17) is 9.84 Å². The predicted octanol–water partition coefficient (Wildman–Crippen LogP) is 2.79. The number of carboxylic acid groups (broad SMARTS) is 1. The van der Waals surface area contributed by atoms with Crippen LogP contribution in [0, 0.1) is 6.92 Å². The summed E-state index contributed by atoms with van der Waals surface area (Å²) in [6.07, 6.45) is 2.02. The molecule has 0 saturated carbocycles. The van der Waals surface area contributed by atoms with Crippen molar-refractivity contribution in [1.29, 1.82) is 0 Å². The lowest BCUT2D eigenvalue weighted by atomic mass is 10.1. The Morgan fingerprint density at radius 2 is 2.30 bits per heavy atom. The van der Waals surface area contributed by atoms with Gasteiger partial charge < -0.3 is 9.84 Å². The number of aryl methyl sites for hydroxylation is 1. The van der Waals surface area contributed by atoms with Crippen LogP contribution in [0.25, 0.3) is 10.6 Å². The summed E-state index contributed by atoms with van der Waals surface area (Å²) < 4.78 is 5.42. The molecular weight excluding hydrogens is 312 g/mol. The van der Waals surface area contributed by atoms with E-state index in [9.17, 15) is 4.79 Å². The standard InChI is InChI=1S/C17H20N2O3S/c1-12-4-2-3-5-15(12)17-18-9-14(23-17)10-19-6-7-22-11-13(19)8-16(20)21/h2-5,9,13H,6-8,10-11H2,1H3,(H,20,21). The highest BCUT2D eigenvalue weighted by Gasteiger charge is 2.25. The summed E-state index contributed by atoms with van der Waals surface area (Å²) in [5, 5.41) is 10.1. The first kappa shape index (κ1) is 16.1. The van der Waals surface area contributed by atoms with Crippen LogP contribution in [0.2, 0.25) is 0 Å². The molecule has 122 valence electrons. The molecule has 0 spiro atoms. The van der Waals surface area contributed by atoms with Gasteiger partial charge in [0.1, 0.15) is 5.01 Å². The molecule has 0 bridgehead atoms. The summed E-state index contributed by atoms with van der Waals surface area (Å²) in [5.74, 6) is -0.782. The lowest BCUT2D eigenvalue weighted by Gasteiger charge is -2.34. The number of nitrogens with zero attached hydrogens (tertiary/aromatic N) is 2. The fourth-order valence-electron chi connectivity index (χ4n) is 2.81. The van der Waals surface area contributed by atoms with Gasteiger partial charge in [0.15, 0.2) is 0 Å². The predicted molar refractivity (Wildman–Crippen MR) is 89.6 cm³/mol. The Morgan fingerprint density at radius 3 is 3.09 bits per heavy atom. The van der Waals surface area contributed by atoms with Gasteiger partial charge >= 0.3 is 5.97 Å². The van der Waals surface area contributed by atoms with Crippen LogP contribution in [-0.4, -0.2) is 46.8 Å². The molecule has 1 aromatic heterocycles. The highest BCUT2D eigenvalue weighted by atomic mass is 32.1. The van der Waals surface area contributed by atoms with Gasteiger partial charge in [-0.25, -0.2) is 4.98 Å². The molecule has 1 N–H and O–H groups in total. The minimum Gasteiger partial charge on any atom is -0.481 e. The topological polar surface area (TPSA) is 62.7 Å². The molecule has 1 atom stereocenters. The number of aliphatic carboxylic acids is 1. The van der Waals surface area contributed by atoms with Crippen molar-refractivity contribution in [2.75, 3.05) is 19.8 Å². The molecule has 1 unspecified atom stereocenters. The summed E-state index contributed by atoms with van der Waals surface area (Å²) in [4.78, 5) is 18.9. The Kier molecular flexibility index (Phi) is 5.05. The molecule has 0 radical (unpaired) electrons. The highest BCUT2D eigenvalue weighted by Crippen LogP contribution is 2.29. The Balaban J connectivity index is 1.73. The van der Waals surface area contributed by atoms with E-state index in [1.54, 1.807) is 11.3 Å². The van der Waals surface area contributed by atoms with E-state index < -0.39 is 5.97 Å². The van der Waals surface area contributed by atoms with Crippen molar-refractivity contribution >= 4 is 17.3 Å². The lowest BCUT2D eigenvalue weighted by molar-refractivity contribution is -0.140. The molecule has 1 aliphatic rings. The third-order valence-corrected chi connectivity index (χ3v) is 5.06. The quantitative estimate of drug-likeness (QED) is 0.912. The second-order valence-electron chi connectivity index (χ2n) is 5.74. The van der Waals surface area contributed by atoms with Crippen LogP contribution < -0.4 is 0 Å². The fraction of sp³-hybridized carbons (Fsp3) is 0.412. The average molecular weight is 332 g/mol. The van der Waals surface area contributed by atoms with E-state index in [0.717, 1.165) is 28.5 Å². The Bertz CT molecular complexity index is 686. The number of hydrogen-bond donors (Lipinski definition) is 1. The Hall–Kier alpha value is -1.76. The number of hydrogen-bond acceptors (Lipinski definition) is 5. The molecular formula is C17H20N2O3S. The summed E-state index contributed by atoms with van der Waals surface area (Å²) in [7, 11) is 0. The van der Waals surface area contributed by atoms with Crippen molar-refractivity contribution in [3.8, 4) is 10.6 Å². The van der Waals surface area contributed by atoms with Gasteiger partial charge in [-0.05, 0) is 12.5 Å². The van der Waals surface area contributed by atoms with Crippen molar-refractivity contribution in [1.82, 2.24) is 9.88 Å². The number of aromatic nitrogens is 1. The molecule has 2 aromatic rings. The molecule has 5 nitrogen and oxygen atoms in total. The molecule has 6 heteroatoms. The molecule has 1 saturated heterocycles. The molecule has 0 aliphatic carbocycles. The fourth-order valence-corrected chi connectivity index (χ4v) is 3.83. The number of carbonyl (C=O) groups is 1. The number of rotatable bonds is 5. The number of benzene rings is 1. The maximum atomic E-state index is 11.0. The van der Waals surface area contributed by atoms with Crippen LogP contribution in [0.5, 0.6) is 0 Å². The maximum Gasteiger partial charge on any atom is 0.305 e. The van der Waals surface area contributed by atoms with Gasteiger partial charge in [0.05, 0.1) is 19.6 Å². The zero-order valence-corrected chi connectivity index (χ0v) is 13.9. The van der Waals surface area contributed by atoms with Crippen LogP contribution >= 0.6 is 11.3 Å². The van der Waals surface area contributed by atoms with E-state index in [1.165, 1.54) is 5.56 Å².